The molecule has 4 fully saturated rings. The number of aliphatic hydroxyl groups excluding tert-OH is 1. The first kappa shape index (κ1) is 26.5. The highest BCUT2D eigenvalue weighted by Crippen LogP contribution is 2.72. The Morgan fingerprint density at radius 1 is 1.31 bits per heavy atom. The molecule has 1 N–H and O–H groups in total. The van der Waals surface area contributed by atoms with Crippen molar-refractivity contribution >= 4 is 22.7 Å². The SMILES string of the molecule is CCC(CC)CN1C[C@@H]2C[C@H]3[C@@H]4CCC5=CC(=O)C=C[C@]5(C)[C@@]4(F)[C@@H](O)C[C@]3(C)[C@]2(C(=O)SCF)O1. The number of carbonyl (C=O) groups is 2. The summed E-state index contributed by atoms with van der Waals surface area (Å²) in [6.07, 6.45) is 6.99. The van der Waals surface area contributed by atoms with E-state index in [1.807, 2.05) is 12.0 Å². The first-order chi connectivity index (χ1) is 17.0. The molecule has 0 radical (unpaired) electrons. The number of allylic oxidation sites excluding steroid dienone is 4. The van der Waals surface area contributed by atoms with Gasteiger partial charge in [0.25, 0.3) is 0 Å². The Labute approximate surface area is 217 Å². The molecule has 1 heterocycles. The molecule has 0 amide bonds. The van der Waals surface area contributed by atoms with Crippen LogP contribution in [0.15, 0.2) is 23.8 Å². The van der Waals surface area contributed by atoms with E-state index in [4.69, 9.17) is 4.84 Å². The zero-order chi connectivity index (χ0) is 26.1. The molecule has 4 aliphatic carbocycles. The number of halogens is 2. The third-order valence-corrected chi connectivity index (χ3v) is 11.5. The van der Waals surface area contributed by atoms with Crippen LogP contribution in [0.4, 0.5) is 8.78 Å². The first-order valence-corrected chi connectivity index (χ1v) is 14.5. The molecule has 5 rings (SSSR count). The summed E-state index contributed by atoms with van der Waals surface area (Å²) in [6.45, 7) is 9.29. The number of fused-ring (bicyclic) bond motifs is 7. The largest absolute Gasteiger partial charge is 0.390 e. The minimum absolute atomic E-state index is 0.0588. The minimum atomic E-state index is -1.95. The van der Waals surface area contributed by atoms with Crippen molar-refractivity contribution in [2.24, 2.45) is 34.5 Å². The van der Waals surface area contributed by atoms with Gasteiger partial charge in [-0.2, -0.15) is 5.06 Å². The second kappa shape index (κ2) is 8.99. The van der Waals surface area contributed by atoms with Crippen molar-refractivity contribution in [3.05, 3.63) is 23.8 Å². The number of hydrogen-bond donors (Lipinski definition) is 1. The number of alkyl halides is 2. The van der Waals surface area contributed by atoms with Gasteiger partial charge in [0, 0.05) is 35.8 Å². The number of rotatable bonds is 6. The van der Waals surface area contributed by atoms with Gasteiger partial charge in [0.05, 0.1) is 6.10 Å². The lowest BCUT2D eigenvalue weighted by atomic mass is 9.45. The van der Waals surface area contributed by atoms with Crippen LogP contribution in [0.25, 0.3) is 0 Å². The van der Waals surface area contributed by atoms with E-state index in [1.54, 1.807) is 13.0 Å². The van der Waals surface area contributed by atoms with Gasteiger partial charge in [0.15, 0.2) is 17.1 Å². The second-order valence-electron chi connectivity index (χ2n) is 12.1. The molecule has 5 aliphatic rings. The van der Waals surface area contributed by atoms with Gasteiger partial charge in [-0.25, -0.2) is 8.78 Å². The summed E-state index contributed by atoms with van der Waals surface area (Å²) in [7, 11) is 0. The van der Waals surface area contributed by atoms with E-state index < -0.39 is 40.1 Å². The average molecular weight is 524 g/mol. The normalized spacial score (nSPS) is 45.8. The van der Waals surface area contributed by atoms with Gasteiger partial charge in [-0.1, -0.05) is 57.0 Å². The summed E-state index contributed by atoms with van der Waals surface area (Å²) in [5, 5.41) is 13.2. The molecule has 0 aromatic carbocycles. The van der Waals surface area contributed by atoms with Gasteiger partial charge in [-0.3, -0.25) is 14.4 Å². The number of aliphatic hydroxyl groups is 1. The molecule has 3 saturated carbocycles. The third kappa shape index (κ3) is 3.29. The Morgan fingerprint density at radius 2 is 2.03 bits per heavy atom. The van der Waals surface area contributed by atoms with Crippen LogP contribution in [-0.2, 0) is 14.4 Å². The zero-order valence-corrected chi connectivity index (χ0v) is 22.6. The highest BCUT2D eigenvalue weighted by atomic mass is 32.2. The number of ketones is 1. The second-order valence-corrected chi connectivity index (χ2v) is 13.0. The summed E-state index contributed by atoms with van der Waals surface area (Å²) in [5.74, 6) is -0.592. The fourth-order valence-electron chi connectivity index (χ4n) is 8.77. The number of nitrogens with zero attached hydrogens (tertiary/aromatic N) is 1. The van der Waals surface area contributed by atoms with Gasteiger partial charge >= 0.3 is 0 Å². The van der Waals surface area contributed by atoms with Gasteiger partial charge in [0.1, 0.15) is 6.01 Å². The topological polar surface area (TPSA) is 66.8 Å². The van der Waals surface area contributed by atoms with Crippen LogP contribution in [0.5, 0.6) is 0 Å². The van der Waals surface area contributed by atoms with Gasteiger partial charge in [0.2, 0.25) is 5.12 Å². The van der Waals surface area contributed by atoms with E-state index in [0.717, 1.165) is 18.4 Å². The Kier molecular flexibility index (Phi) is 6.62. The van der Waals surface area contributed by atoms with Crippen LogP contribution >= 0.6 is 11.8 Å². The monoisotopic (exact) mass is 523 g/mol. The molecule has 8 atom stereocenters. The highest BCUT2D eigenvalue weighted by Gasteiger charge is 2.79. The van der Waals surface area contributed by atoms with E-state index >= 15 is 4.39 Å². The Morgan fingerprint density at radius 3 is 2.69 bits per heavy atom. The van der Waals surface area contributed by atoms with E-state index in [0.29, 0.717) is 50.0 Å². The van der Waals surface area contributed by atoms with Crippen LogP contribution < -0.4 is 0 Å². The third-order valence-electron chi connectivity index (χ3n) is 10.8. The average Bonchev–Trinajstić information content (AvgIpc) is 3.31. The van der Waals surface area contributed by atoms with Crippen molar-refractivity contribution in [2.75, 3.05) is 19.1 Å². The maximum absolute atomic E-state index is 17.4. The summed E-state index contributed by atoms with van der Waals surface area (Å²) >= 11 is 0.639. The zero-order valence-electron chi connectivity index (χ0n) is 21.8. The molecule has 0 aromatic rings. The highest BCUT2D eigenvalue weighted by molar-refractivity contribution is 8.13. The predicted molar refractivity (Wildman–Crippen MR) is 135 cm³/mol. The van der Waals surface area contributed by atoms with Crippen molar-refractivity contribution in [3.63, 3.8) is 0 Å². The number of thioether (sulfide) groups is 1. The van der Waals surface area contributed by atoms with Crippen LogP contribution in [0.1, 0.15) is 66.2 Å². The molecule has 0 bridgehead atoms. The maximum atomic E-state index is 17.4. The molecule has 8 heteroatoms. The molecule has 0 unspecified atom stereocenters. The van der Waals surface area contributed by atoms with Gasteiger partial charge < -0.3 is 5.11 Å². The Hall–Kier alpha value is -1.09. The van der Waals surface area contributed by atoms with Gasteiger partial charge in [-0.15, -0.1) is 0 Å². The van der Waals surface area contributed by atoms with E-state index in [9.17, 15) is 19.1 Å². The fourth-order valence-corrected chi connectivity index (χ4v) is 9.52. The quantitative estimate of drug-likeness (QED) is 0.517. The van der Waals surface area contributed by atoms with Crippen LogP contribution in [0.2, 0.25) is 0 Å². The summed E-state index contributed by atoms with van der Waals surface area (Å²) in [6, 6.07) is -0.839. The Bertz CT molecular complexity index is 1000. The van der Waals surface area contributed by atoms with E-state index in [-0.39, 0.29) is 29.2 Å². The molecule has 1 saturated heterocycles. The number of hydroxylamine groups is 2. The lowest BCUT2D eigenvalue weighted by Gasteiger charge is -2.62. The fraction of sp³-hybridized carbons (Fsp3) is 0.786. The maximum Gasteiger partial charge on any atom is 0.226 e. The summed E-state index contributed by atoms with van der Waals surface area (Å²) in [4.78, 5) is 32.3. The molecule has 5 nitrogen and oxygen atoms in total. The van der Waals surface area contributed by atoms with Crippen molar-refractivity contribution in [1.29, 1.82) is 0 Å². The summed E-state index contributed by atoms with van der Waals surface area (Å²) < 4.78 is 30.9. The van der Waals surface area contributed by atoms with Crippen LogP contribution in [0.3, 0.4) is 0 Å². The van der Waals surface area contributed by atoms with Crippen LogP contribution in [0, 0.1) is 34.5 Å². The Balaban J connectivity index is 1.55. The molecule has 36 heavy (non-hydrogen) atoms. The molecule has 0 spiro atoms. The summed E-state index contributed by atoms with van der Waals surface area (Å²) in [5.41, 5.74) is -4.40. The lowest BCUT2D eigenvalue weighted by molar-refractivity contribution is -0.263. The van der Waals surface area contributed by atoms with Gasteiger partial charge in [-0.05, 0) is 56.6 Å². The predicted octanol–water partition coefficient (Wildman–Crippen LogP) is 5.19. The number of hydrogen-bond acceptors (Lipinski definition) is 6. The molecule has 1 aliphatic heterocycles. The number of carbonyl (C=O) groups excluding carboxylic acids is 2. The van der Waals surface area contributed by atoms with Crippen molar-refractivity contribution in [1.82, 2.24) is 5.06 Å². The standard InChI is InChI=1S/C28H39F2NO4S/c1-5-17(6-2)14-31-15-19-12-22-21-8-7-18-11-20(32)9-10-25(18,3)27(21,30)23(33)13-26(22,4)28(19,35-31)24(34)36-16-29/h9-11,17,19,21-23,33H,5-8,12-16H2,1-4H3/t19-,21-,22-,23-,25-,26-,27-,28-/m0/s1. The molecular formula is C28H39F2NO4S. The van der Waals surface area contributed by atoms with Crippen LogP contribution in [-0.4, -0.2) is 57.5 Å². The van der Waals surface area contributed by atoms with E-state index in [2.05, 4.69) is 13.8 Å². The first-order valence-electron chi connectivity index (χ1n) is 13.5. The van der Waals surface area contributed by atoms with Crippen molar-refractivity contribution in [2.45, 2.75) is 83.6 Å². The molecule has 0 aromatic heterocycles. The lowest BCUT2D eigenvalue weighted by Crippen LogP contribution is -2.69. The van der Waals surface area contributed by atoms with E-state index in [1.165, 1.54) is 12.2 Å². The molecule has 200 valence electrons. The van der Waals surface area contributed by atoms with Crippen molar-refractivity contribution < 1.29 is 28.3 Å². The smallest absolute Gasteiger partial charge is 0.226 e. The van der Waals surface area contributed by atoms with Crippen molar-refractivity contribution in [3.8, 4) is 0 Å². The molecular weight excluding hydrogens is 484 g/mol. The minimum Gasteiger partial charge on any atom is -0.390 e.